The third-order valence-electron chi connectivity index (χ3n) is 19.5. The summed E-state index contributed by atoms with van der Waals surface area (Å²) in [5, 5.41) is 22.4. The first-order valence-electron chi connectivity index (χ1n) is 32.4. The molecule has 0 amide bonds. The monoisotopic (exact) mass is 1200 g/mol. The number of rotatable bonds is 38. The molecule has 3 aliphatic rings. The zero-order chi connectivity index (χ0) is 55.2. The first-order chi connectivity index (χ1) is 37.9. The molecule has 5 aromatic rings. The molecular weight excluding hydrogens is 1090 g/mol. The Bertz CT molecular complexity index is 2610. The molecule has 0 atom stereocenters. The average Bonchev–Trinajstić information content (AvgIpc) is 4.31. The van der Waals surface area contributed by atoms with E-state index in [1.54, 1.807) is 0 Å². The van der Waals surface area contributed by atoms with Crippen molar-refractivity contribution in [2.45, 2.75) is 309 Å². The first-order valence-corrected chi connectivity index (χ1v) is 35.5. The van der Waals surface area contributed by atoms with E-state index < -0.39 is 25.4 Å². The number of hydrogen-bond donors (Lipinski definition) is 2. The summed E-state index contributed by atoms with van der Waals surface area (Å²) in [5.74, 6) is 0. The van der Waals surface area contributed by atoms with E-state index in [2.05, 4.69) is 79.7 Å². The molecule has 2 aliphatic carbocycles. The van der Waals surface area contributed by atoms with Gasteiger partial charge in [-0.05, 0) is 0 Å². The van der Waals surface area contributed by atoms with Crippen molar-refractivity contribution in [2.24, 2.45) is 0 Å². The fraction of sp³-hybridized carbons (Fsp3) is 0.727. The molecule has 12 heteroatoms. The van der Waals surface area contributed by atoms with Gasteiger partial charge in [0.1, 0.15) is 0 Å². The molecule has 3 heterocycles. The summed E-state index contributed by atoms with van der Waals surface area (Å²) >= 11 is -0.613. The Morgan fingerprint density at radius 2 is 0.705 bits per heavy atom. The van der Waals surface area contributed by atoms with Gasteiger partial charge in [0.05, 0.1) is 0 Å². The fourth-order valence-electron chi connectivity index (χ4n) is 14.2. The van der Waals surface area contributed by atoms with Gasteiger partial charge in [-0.1, -0.05) is 79.1 Å². The van der Waals surface area contributed by atoms with Gasteiger partial charge in [0.25, 0.3) is 0 Å². The molecule has 0 radical (unpaired) electrons. The van der Waals surface area contributed by atoms with Gasteiger partial charge in [0, 0.05) is 0 Å². The Morgan fingerprint density at radius 3 is 1.06 bits per heavy atom. The van der Waals surface area contributed by atoms with Crippen LogP contribution in [0.3, 0.4) is 0 Å². The van der Waals surface area contributed by atoms with Crippen molar-refractivity contribution in [3.8, 4) is 22.3 Å². The summed E-state index contributed by atoms with van der Waals surface area (Å²) in [6.45, 7) is 17.9. The van der Waals surface area contributed by atoms with Gasteiger partial charge in [-0.25, -0.2) is 0 Å². The molecule has 2 N–H and O–H groups in total. The van der Waals surface area contributed by atoms with E-state index in [0.717, 1.165) is 60.5 Å². The Kier molecular flexibility index (Phi) is 23.3. The third kappa shape index (κ3) is 13.8. The molecular formula is C66H102B2N4O4Se2. The number of hydrogen-bond acceptors (Lipinski definition) is 8. The Morgan fingerprint density at radius 1 is 0.397 bits per heavy atom. The van der Waals surface area contributed by atoms with Crippen LogP contribution in [0.2, 0.25) is 0 Å². The van der Waals surface area contributed by atoms with Crippen molar-refractivity contribution in [2.75, 3.05) is 0 Å². The van der Waals surface area contributed by atoms with Gasteiger partial charge >= 0.3 is 411 Å². The molecule has 428 valence electrons. The number of unbranched alkanes of at least 4 members (excludes halogenated alkanes) is 28. The Labute approximate surface area is 486 Å². The molecule has 1 fully saturated rings. The van der Waals surface area contributed by atoms with Crippen molar-refractivity contribution in [1.29, 1.82) is 0 Å². The molecule has 2 aromatic heterocycles. The van der Waals surface area contributed by atoms with E-state index in [4.69, 9.17) is 25.2 Å². The van der Waals surface area contributed by atoms with Crippen LogP contribution in [0.4, 0.5) is 0 Å². The second kappa shape index (κ2) is 29.4. The molecule has 78 heavy (non-hydrogen) atoms. The fourth-order valence-corrected chi connectivity index (χ4v) is 16.7. The topological polar surface area (TPSA) is 110 Å². The zero-order valence-electron chi connectivity index (χ0n) is 50.2. The zero-order valence-corrected chi connectivity index (χ0v) is 53.7. The second-order valence-electron chi connectivity index (χ2n) is 25.7. The van der Waals surface area contributed by atoms with Crippen LogP contribution in [0.1, 0.15) is 309 Å². The van der Waals surface area contributed by atoms with E-state index in [1.165, 1.54) is 237 Å². The van der Waals surface area contributed by atoms with Crippen LogP contribution in [0.25, 0.3) is 44.3 Å². The van der Waals surface area contributed by atoms with Crippen molar-refractivity contribution >= 4 is 77.2 Å². The molecule has 1 aliphatic heterocycles. The van der Waals surface area contributed by atoms with Gasteiger partial charge in [0.15, 0.2) is 0 Å². The van der Waals surface area contributed by atoms with Crippen LogP contribution in [-0.4, -0.2) is 81.3 Å². The summed E-state index contributed by atoms with van der Waals surface area (Å²) in [7, 11) is -2.14. The first kappa shape index (κ1) is 61.9. The maximum absolute atomic E-state index is 11.2. The van der Waals surface area contributed by atoms with Crippen LogP contribution in [-0.2, 0) is 20.1 Å². The average molecular weight is 1200 g/mol. The molecule has 3 aromatic carbocycles. The quantitative estimate of drug-likeness (QED) is 0.0297. The minimum atomic E-state index is -1.61. The summed E-state index contributed by atoms with van der Waals surface area (Å²) in [4.78, 5) is 0. The number of fused-ring (bicyclic) bond motifs is 10. The van der Waals surface area contributed by atoms with E-state index in [9.17, 15) is 10.0 Å². The van der Waals surface area contributed by atoms with E-state index in [1.807, 2.05) is 0 Å². The molecule has 0 unspecified atom stereocenters. The van der Waals surface area contributed by atoms with E-state index in [0.29, 0.717) is 11.0 Å². The Balaban J connectivity index is 1.30. The van der Waals surface area contributed by atoms with Crippen LogP contribution < -0.4 is 10.9 Å². The van der Waals surface area contributed by atoms with Crippen molar-refractivity contribution in [3.63, 3.8) is 0 Å². The summed E-state index contributed by atoms with van der Waals surface area (Å²) in [5.41, 5.74) is 14.5. The molecule has 0 bridgehead atoms. The second-order valence-corrected chi connectivity index (χ2v) is 27.9. The van der Waals surface area contributed by atoms with Gasteiger partial charge in [0.2, 0.25) is 0 Å². The van der Waals surface area contributed by atoms with Gasteiger partial charge in [-0.3, -0.25) is 0 Å². The van der Waals surface area contributed by atoms with Gasteiger partial charge in [-0.15, -0.1) is 0 Å². The predicted molar refractivity (Wildman–Crippen MR) is 333 cm³/mol. The van der Waals surface area contributed by atoms with Crippen molar-refractivity contribution in [1.82, 2.24) is 15.9 Å². The summed E-state index contributed by atoms with van der Waals surface area (Å²) in [6, 6.07) is 10.1. The SMILES string of the molecule is CCCCCCCCCCC1(CCCCCCCCCC)c2cc3c(cc2-c2c1cc(B(O)O)c1n[se]nc21)C(CCCCCCCCCC)(CCCCCCCCCC)c1cc(B2OC(C)(C)C(C)(C)O2)c2n[se]nc2c1-3. The number of aromatic nitrogens is 4. The van der Waals surface area contributed by atoms with Crippen LogP contribution >= 0.6 is 0 Å². The third-order valence-corrected chi connectivity index (χ3v) is 21.7. The summed E-state index contributed by atoms with van der Waals surface area (Å²) < 4.78 is 35.0. The van der Waals surface area contributed by atoms with Crippen molar-refractivity contribution in [3.05, 3.63) is 46.5 Å². The van der Waals surface area contributed by atoms with E-state index >= 15 is 0 Å². The number of benzene rings is 3. The van der Waals surface area contributed by atoms with Gasteiger partial charge in [-0.2, -0.15) is 0 Å². The van der Waals surface area contributed by atoms with Crippen molar-refractivity contribution < 1.29 is 19.4 Å². The molecule has 0 saturated carbocycles. The maximum atomic E-state index is 11.2. The van der Waals surface area contributed by atoms with Gasteiger partial charge < -0.3 is 0 Å². The molecule has 1 saturated heterocycles. The van der Waals surface area contributed by atoms with Crippen LogP contribution in [0, 0.1) is 0 Å². The predicted octanol–water partition coefficient (Wildman–Crippen LogP) is 16.3. The summed E-state index contributed by atoms with van der Waals surface area (Å²) in [6.07, 6.45) is 45.2. The van der Waals surface area contributed by atoms with Crippen LogP contribution in [0.15, 0.2) is 24.3 Å². The number of nitrogens with zero attached hydrogens (tertiary/aromatic N) is 4. The van der Waals surface area contributed by atoms with Crippen LogP contribution in [0.5, 0.6) is 0 Å². The molecule has 8 nitrogen and oxygen atoms in total. The minimum absolute atomic E-state index is 0.237. The molecule has 8 rings (SSSR count). The Hall–Kier alpha value is -2.13. The molecule has 0 spiro atoms. The standard InChI is InChI=1S/C66H102B2N4O4Se2/c1-9-13-17-21-25-29-33-37-41-65(42-38-34-30-26-22-18-14-10-2)51-46-50-52(45-49(51)57-53(65)47-55(67(73)74)59-61(57)71-77-69-59)66(43-39-35-31-27-23-19-15-11-3,44-40-36-32-28-24-20-16-12-4)54-48-56(60-62(58(50)54)72-78-70-60)68-75-63(5,6)64(7,8)76-68/h45-48,73-74H,9-44H2,1-8H3. The normalized spacial score (nSPS) is 16.4. The van der Waals surface area contributed by atoms with E-state index in [-0.39, 0.29) is 40.8 Å².